The number of nitrogens with one attached hydrogen (secondary N) is 1. The smallest absolute Gasteiger partial charge is 0.255 e. The fraction of sp³-hybridized carbons (Fsp3) is 0.350. The Morgan fingerprint density at radius 1 is 1.08 bits per heavy atom. The van der Waals surface area contributed by atoms with Crippen molar-refractivity contribution in [3.63, 3.8) is 0 Å². The lowest BCUT2D eigenvalue weighted by atomic mass is 10.1. The zero-order valence-electron chi connectivity index (χ0n) is 14.9. The molecule has 0 aromatic heterocycles. The summed E-state index contributed by atoms with van der Waals surface area (Å²) in [5.41, 5.74) is 2.15. The van der Waals surface area contributed by atoms with Crippen molar-refractivity contribution in [1.82, 2.24) is 0 Å². The summed E-state index contributed by atoms with van der Waals surface area (Å²) in [4.78, 5) is 12.6. The molecule has 0 aliphatic heterocycles. The second-order valence-corrected chi connectivity index (χ2v) is 6.15. The van der Waals surface area contributed by atoms with Crippen LogP contribution in [0.2, 0.25) is 5.02 Å². The second kappa shape index (κ2) is 9.33. The summed E-state index contributed by atoms with van der Waals surface area (Å²) >= 11 is 6.01. The van der Waals surface area contributed by atoms with Gasteiger partial charge in [0.15, 0.2) is 11.5 Å². The van der Waals surface area contributed by atoms with E-state index in [1.54, 1.807) is 30.3 Å². The van der Waals surface area contributed by atoms with Crippen molar-refractivity contribution in [3.05, 3.63) is 52.5 Å². The lowest BCUT2D eigenvalue weighted by Gasteiger charge is -2.14. The van der Waals surface area contributed by atoms with Crippen LogP contribution in [0.3, 0.4) is 0 Å². The first-order chi connectivity index (χ1) is 12.0. The summed E-state index contributed by atoms with van der Waals surface area (Å²) in [5.74, 6) is 1.02. The largest absolute Gasteiger partial charge is 0.490 e. The molecule has 2 aromatic rings. The molecule has 0 unspecified atom stereocenters. The Balaban J connectivity index is 2.18. The highest BCUT2D eigenvalue weighted by Crippen LogP contribution is 2.29. The first-order valence-electron chi connectivity index (χ1n) is 8.52. The number of ether oxygens (including phenoxy) is 2. The first kappa shape index (κ1) is 19.1. The Hall–Kier alpha value is -2.20. The average Bonchev–Trinajstić information content (AvgIpc) is 2.59. The number of halogens is 1. The molecule has 0 heterocycles. The lowest BCUT2D eigenvalue weighted by molar-refractivity contribution is 0.102. The van der Waals surface area contributed by atoms with E-state index in [-0.39, 0.29) is 5.91 Å². The standard InChI is InChI=1S/C20H24ClNO3/c1-4-6-11-25-18-10-8-15(12-19(18)24-5-2)20(23)22-17-13-16(21)9-7-14(17)3/h7-10,12-13H,4-6,11H2,1-3H3,(H,22,23). The van der Waals surface area contributed by atoms with E-state index in [0.29, 0.717) is 41.0 Å². The van der Waals surface area contributed by atoms with E-state index in [1.165, 1.54) is 0 Å². The number of unbranched alkanes of at least 4 members (excludes halogenated alkanes) is 1. The van der Waals surface area contributed by atoms with Crippen LogP contribution in [0.4, 0.5) is 5.69 Å². The summed E-state index contributed by atoms with van der Waals surface area (Å²) in [6, 6.07) is 10.6. The summed E-state index contributed by atoms with van der Waals surface area (Å²) in [6.07, 6.45) is 2.03. The van der Waals surface area contributed by atoms with Crippen molar-refractivity contribution in [2.75, 3.05) is 18.5 Å². The zero-order valence-corrected chi connectivity index (χ0v) is 15.7. The molecular weight excluding hydrogens is 338 g/mol. The SMILES string of the molecule is CCCCOc1ccc(C(=O)Nc2cc(Cl)ccc2C)cc1OCC. The van der Waals surface area contributed by atoms with Crippen LogP contribution in [-0.2, 0) is 0 Å². The van der Waals surface area contributed by atoms with Gasteiger partial charge in [0.05, 0.1) is 13.2 Å². The first-order valence-corrected chi connectivity index (χ1v) is 8.90. The van der Waals surface area contributed by atoms with Crippen LogP contribution in [0, 0.1) is 6.92 Å². The van der Waals surface area contributed by atoms with Crippen molar-refractivity contribution < 1.29 is 14.3 Å². The highest BCUT2D eigenvalue weighted by Gasteiger charge is 2.13. The van der Waals surface area contributed by atoms with E-state index in [9.17, 15) is 4.79 Å². The fourth-order valence-corrected chi connectivity index (χ4v) is 2.46. The van der Waals surface area contributed by atoms with E-state index in [2.05, 4.69) is 12.2 Å². The molecule has 4 nitrogen and oxygen atoms in total. The molecule has 0 aliphatic carbocycles. The van der Waals surface area contributed by atoms with Gasteiger partial charge < -0.3 is 14.8 Å². The lowest BCUT2D eigenvalue weighted by Crippen LogP contribution is -2.13. The number of hydrogen-bond donors (Lipinski definition) is 1. The third-order valence-corrected chi connectivity index (χ3v) is 3.94. The Labute approximate surface area is 154 Å². The number of amides is 1. The molecule has 0 bridgehead atoms. The van der Waals surface area contributed by atoms with Gasteiger partial charge in [0, 0.05) is 16.3 Å². The maximum Gasteiger partial charge on any atom is 0.255 e. The number of rotatable bonds is 8. The Morgan fingerprint density at radius 3 is 2.60 bits per heavy atom. The third-order valence-electron chi connectivity index (χ3n) is 3.71. The molecular formula is C20H24ClNO3. The Morgan fingerprint density at radius 2 is 1.88 bits per heavy atom. The quantitative estimate of drug-likeness (QED) is 0.633. The van der Waals surface area contributed by atoms with E-state index < -0.39 is 0 Å². The van der Waals surface area contributed by atoms with E-state index in [1.807, 2.05) is 19.9 Å². The van der Waals surface area contributed by atoms with Crippen LogP contribution in [-0.4, -0.2) is 19.1 Å². The Kier molecular flexibility index (Phi) is 7.14. The minimum Gasteiger partial charge on any atom is -0.490 e. The molecule has 134 valence electrons. The second-order valence-electron chi connectivity index (χ2n) is 5.71. The molecule has 0 aliphatic rings. The highest BCUT2D eigenvalue weighted by molar-refractivity contribution is 6.31. The van der Waals surface area contributed by atoms with Crippen LogP contribution in [0.1, 0.15) is 42.6 Å². The molecule has 1 amide bonds. The maximum atomic E-state index is 12.6. The van der Waals surface area contributed by atoms with Gasteiger partial charge in [-0.3, -0.25) is 4.79 Å². The normalized spacial score (nSPS) is 10.4. The molecule has 0 spiro atoms. The molecule has 0 atom stereocenters. The van der Waals surface area contributed by atoms with Gasteiger partial charge in [-0.1, -0.05) is 31.0 Å². The third kappa shape index (κ3) is 5.40. The van der Waals surface area contributed by atoms with Crippen LogP contribution in [0.5, 0.6) is 11.5 Å². The molecule has 2 rings (SSSR count). The minimum atomic E-state index is -0.216. The van der Waals surface area contributed by atoms with Gasteiger partial charge in [0.1, 0.15) is 0 Å². The van der Waals surface area contributed by atoms with Gasteiger partial charge in [0.25, 0.3) is 5.91 Å². The van der Waals surface area contributed by atoms with Crippen molar-refractivity contribution in [1.29, 1.82) is 0 Å². The average molecular weight is 362 g/mol. The Bertz CT molecular complexity index is 731. The predicted molar refractivity (Wildman–Crippen MR) is 102 cm³/mol. The van der Waals surface area contributed by atoms with Crippen LogP contribution in [0.25, 0.3) is 0 Å². The maximum absolute atomic E-state index is 12.6. The van der Waals surface area contributed by atoms with Crippen molar-refractivity contribution in [3.8, 4) is 11.5 Å². The van der Waals surface area contributed by atoms with Gasteiger partial charge in [-0.25, -0.2) is 0 Å². The number of benzene rings is 2. The number of aryl methyl sites for hydroxylation is 1. The van der Waals surface area contributed by atoms with E-state index in [4.69, 9.17) is 21.1 Å². The van der Waals surface area contributed by atoms with Crippen LogP contribution >= 0.6 is 11.6 Å². The molecule has 0 saturated carbocycles. The zero-order chi connectivity index (χ0) is 18.2. The molecule has 5 heteroatoms. The molecule has 1 N–H and O–H groups in total. The summed E-state index contributed by atoms with van der Waals surface area (Å²) in [7, 11) is 0. The van der Waals surface area contributed by atoms with Crippen LogP contribution in [0.15, 0.2) is 36.4 Å². The van der Waals surface area contributed by atoms with Gasteiger partial charge in [-0.15, -0.1) is 0 Å². The highest BCUT2D eigenvalue weighted by atomic mass is 35.5. The van der Waals surface area contributed by atoms with E-state index in [0.717, 1.165) is 18.4 Å². The number of anilines is 1. The topological polar surface area (TPSA) is 47.6 Å². The number of hydrogen-bond acceptors (Lipinski definition) is 3. The van der Waals surface area contributed by atoms with Gasteiger partial charge >= 0.3 is 0 Å². The molecule has 25 heavy (non-hydrogen) atoms. The summed E-state index contributed by atoms with van der Waals surface area (Å²) in [5, 5.41) is 3.47. The van der Waals surface area contributed by atoms with Crippen LogP contribution < -0.4 is 14.8 Å². The van der Waals surface area contributed by atoms with Crippen molar-refractivity contribution in [2.24, 2.45) is 0 Å². The minimum absolute atomic E-state index is 0.216. The molecule has 0 fully saturated rings. The number of carbonyl (C=O) groups excluding carboxylic acids is 1. The monoisotopic (exact) mass is 361 g/mol. The molecule has 0 radical (unpaired) electrons. The molecule has 2 aromatic carbocycles. The van der Waals surface area contributed by atoms with Crippen molar-refractivity contribution in [2.45, 2.75) is 33.6 Å². The van der Waals surface area contributed by atoms with Gasteiger partial charge in [-0.05, 0) is 56.2 Å². The molecule has 0 saturated heterocycles. The predicted octanol–water partition coefficient (Wildman–Crippen LogP) is 5.48. The summed E-state index contributed by atoms with van der Waals surface area (Å²) < 4.78 is 11.4. The fourth-order valence-electron chi connectivity index (χ4n) is 2.29. The van der Waals surface area contributed by atoms with Crippen molar-refractivity contribution >= 4 is 23.2 Å². The van der Waals surface area contributed by atoms with Gasteiger partial charge in [0.2, 0.25) is 0 Å². The van der Waals surface area contributed by atoms with Gasteiger partial charge in [-0.2, -0.15) is 0 Å². The summed E-state index contributed by atoms with van der Waals surface area (Å²) in [6.45, 7) is 7.06. The number of carbonyl (C=O) groups is 1. The van der Waals surface area contributed by atoms with E-state index >= 15 is 0 Å².